The van der Waals surface area contributed by atoms with Gasteiger partial charge in [-0.3, -0.25) is 4.79 Å². The first-order chi connectivity index (χ1) is 16.3. The molecule has 9 heteroatoms. The summed E-state index contributed by atoms with van der Waals surface area (Å²) in [5, 5.41) is 22.0. The fourth-order valence-electron chi connectivity index (χ4n) is 2.95. The molecular weight excluding hydrogens is 479 g/mol. The molecule has 0 aliphatic carbocycles. The van der Waals surface area contributed by atoms with E-state index in [-0.39, 0.29) is 17.7 Å². The number of carboxylic acid groups (broad SMARTS) is 1. The maximum atomic E-state index is 12.7. The van der Waals surface area contributed by atoms with E-state index in [0.717, 1.165) is 5.56 Å². The lowest BCUT2D eigenvalue weighted by molar-refractivity contribution is -0.112. The number of methoxy groups -OCH3 is 1. The lowest BCUT2D eigenvalue weighted by atomic mass is 10.1. The molecule has 3 aromatic carbocycles. The molecule has 3 rings (SSSR count). The minimum absolute atomic E-state index is 0.0780. The number of ether oxygens (including phenoxy) is 2. The molecule has 0 heterocycles. The van der Waals surface area contributed by atoms with Crippen molar-refractivity contribution in [2.75, 3.05) is 12.4 Å². The molecule has 172 valence electrons. The van der Waals surface area contributed by atoms with Crippen LogP contribution in [-0.2, 0) is 11.4 Å². The number of aromatic carboxylic acids is 1. The Morgan fingerprint density at radius 1 is 1.09 bits per heavy atom. The van der Waals surface area contributed by atoms with E-state index in [9.17, 15) is 14.9 Å². The van der Waals surface area contributed by atoms with Crippen LogP contribution in [0.5, 0.6) is 11.5 Å². The number of para-hydroxylation sites is 1. The summed E-state index contributed by atoms with van der Waals surface area (Å²) in [6.07, 6.45) is 1.38. The normalized spacial score (nSPS) is 10.8. The molecule has 0 bridgehead atoms. The maximum absolute atomic E-state index is 12.7. The number of carbonyl (C=O) groups is 2. The quantitative estimate of drug-likeness (QED) is 0.300. The summed E-state index contributed by atoms with van der Waals surface area (Å²) in [4.78, 5) is 23.6. The number of benzene rings is 3. The molecule has 0 spiro atoms. The molecule has 0 aromatic heterocycles. The number of hydrogen-bond donors (Lipinski definition) is 2. The van der Waals surface area contributed by atoms with Gasteiger partial charge in [-0.25, -0.2) is 4.79 Å². The summed E-state index contributed by atoms with van der Waals surface area (Å²) in [7, 11) is 1.48. The van der Waals surface area contributed by atoms with E-state index in [0.29, 0.717) is 32.8 Å². The van der Waals surface area contributed by atoms with Gasteiger partial charge in [-0.05, 0) is 54.1 Å². The van der Waals surface area contributed by atoms with Gasteiger partial charge in [0.05, 0.1) is 22.7 Å². The molecule has 0 atom stereocenters. The zero-order valence-corrected chi connectivity index (χ0v) is 19.4. The van der Waals surface area contributed by atoms with Crippen LogP contribution in [-0.4, -0.2) is 24.1 Å². The molecule has 0 radical (unpaired) electrons. The topological polar surface area (TPSA) is 109 Å². The van der Waals surface area contributed by atoms with E-state index in [1.165, 1.54) is 37.5 Å². The first-order valence-electron chi connectivity index (χ1n) is 9.82. The Labute approximate surface area is 205 Å². The third kappa shape index (κ3) is 6.07. The summed E-state index contributed by atoms with van der Waals surface area (Å²) in [5.74, 6) is -0.996. The number of hydrogen-bond acceptors (Lipinski definition) is 5. The summed E-state index contributed by atoms with van der Waals surface area (Å²) >= 11 is 12.0. The Balaban J connectivity index is 1.85. The largest absolute Gasteiger partial charge is 0.493 e. The third-order valence-electron chi connectivity index (χ3n) is 4.65. The molecular formula is C25H18Cl2N2O5. The van der Waals surface area contributed by atoms with Gasteiger partial charge in [0, 0.05) is 11.3 Å². The lowest BCUT2D eigenvalue weighted by Gasteiger charge is -2.14. The maximum Gasteiger partial charge on any atom is 0.335 e. The second kappa shape index (κ2) is 11.2. The number of halogens is 2. The molecule has 34 heavy (non-hydrogen) atoms. The highest BCUT2D eigenvalue weighted by Gasteiger charge is 2.15. The van der Waals surface area contributed by atoms with Crippen LogP contribution in [0, 0.1) is 11.3 Å². The molecule has 0 saturated carbocycles. The van der Waals surface area contributed by atoms with Crippen molar-refractivity contribution in [3.05, 3.63) is 93.0 Å². The summed E-state index contributed by atoms with van der Waals surface area (Å²) in [6, 6.07) is 17.6. The first kappa shape index (κ1) is 24.6. The Kier molecular flexibility index (Phi) is 8.14. The summed E-state index contributed by atoms with van der Waals surface area (Å²) in [6.45, 7) is 0.141. The van der Waals surface area contributed by atoms with Crippen LogP contribution in [0.1, 0.15) is 21.5 Å². The Morgan fingerprint density at radius 3 is 2.44 bits per heavy atom. The molecule has 1 amide bonds. The number of amides is 1. The van der Waals surface area contributed by atoms with Crippen molar-refractivity contribution in [2.24, 2.45) is 0 Å². The van der Waals surface area contributed by atoms with Gasteiger partial charge in [-0.1, -0.05) is 41.4 Å². The van der Waals surface area contributed by atoms with Gasteiger partial charge >= 0.3 is 5.97 Å². The van der Waals surface area contributed by atoms with E-state index >= 15 is 0 Å². The van der Waals surface area contributed by atoms with Gasteiger partial charge in [0.1, 0.15) is 18.2 Å². The standard InChI is InChI=1S/C25H18Cl2N2O5/c1-33-22-4-2-3-17(23(22)34-14-15-5-10-20(26)21(27)11-15)12-18(13-28)24(30)29-19-8-6-16(7-9-19)25(31)32/h2-12H,14H2,1H3,(H,29,30)(H,31,32)/b18-12+. The van der Waals surface area contributed by atoms with Crippen molar-refractivity contribution < 1.29 is 24.2 Å². The Morgan fingerprint density at radius 2 is 1.82 bits per heavy atom. The van der Waals surface area contributed by atoms with E-state index in [4.69, 9.17) is 37.8 Å². The third-order valence-corrected chi connectivity index (χ3v) is 5.39. The van der Waals surface area contributed by atoms with Crippen molar-refractivity contribution in [3.8, 4) is 17.6 Å². The van der Waals surface area contributed by atoms with Crippen LogP contribution in [0.3, 0.4) is 0 Å². The van der Waals surface area contributed by atoms with Crippen LogP contribution < -0.4 is 14.8 Å². The summed E-state index contributed by atoms with van der Waals surface area (Å²) in [5.41, 5.74) is 1.45. The van der Waals surface area contributed by atoms with Gasteiger partial charge in [-0.2, -0.15) is 5.26 Å². The molecule has 2 N–H and O–H groups in total. The van der Waals surface area contributed by atoms with E-state index in [1.54, 1.807) is 36.4 Å². The van der Waals surface area contributed by atoms with Gasteiger partial charge in [0.2, 0.25) is 0 Å². The zero-order valence-electron chi connectivity index (χ0n) is 17.8. The monoisotopic (exact) mass is 496 g/mol. The van der Waals surface area contributed by atoms with E-state index in [2.05, 4.69) is 5.32 Å². The second-order valence-corrected chi connectivity index (χ2v) is 7.74. The number of nitrogens with zero attached hydrogens (tertiary/aromatic N) is 1. The van der Waals surface area contributed by atoms with Crippen LogP contribution >= 0.6 is 23.2 Å². The Bertz CT molecular complexity index is 1300. The predicted octanol–water partition coefficient (Wildman–Crippen LogP) is 5.82. The van der Waals surface area contributed by atoms with Gasteiger partial charge in [0.25, 0.3) is 5.91 Å². The van der Waals surface area contributed by atoms with E-state index < -0.39 is 11.9 Å². The zero-order chi connectivity index (χ0) is 24.7. The predicted molar refractivity (Wildman–Crippen MR) is 129 cm³/mol. The van der Waals surface area contributed by atoms with Crippen molar-refractivity contribution in [3.63, 3.8) is 0 Å². The number of carbonyl (C=O) groups excluding carboxylic acids is 1. The molecule has 0 fully saturated rings. The van der Waals surface area contributed by atoms with Crippen LogP contribution in [0.4, 0.5) is 5.69 Å². The fraction of sp³-hybridized carbons (Fsp3) is 0.0800. The van der Waals surface area contributed by atoms with Crippen molar-refractivity contribution in [1.82, 2.24) is 0 Å². The summed E-state index contributed by atoms with van der Waals surface area (Å²) < 4.78 is 11.3. The molecule has 3 aromatic rings. The minimum atomic E-state index is -1.08. The Hall–Kier alpha value is -3.99. The van der Waals surface area contributed by atoms with Gasteiger partial charge < -0.3 is 19.9 Å². The van der Waals surface area contributed by atoms with Crippen LogP contribution in [0.15, 0.2) is 66.2 Å². The van der Waals surface area contributed by atoms with Gasteiger partial charge in [-0.15, -0.1) is 0 Å². The molecule has 0 saturated heterocycles. The highest BCUT2D eigenvalue weighted by atomic mass is 35.5. The molecule has 0 aliphatic rings. The number of rotatable bonds is 8. The highest BCUT2D eigenvalue weighted by molar-refractivity contribution is 6.42. The molecule has 0 aliphatic heterocycles. The number of nitrogens with one attached hydrogen (secondary N) is 1. The highest BCUT2D eigenvalue weighted by Crippen LogP contribution is 2.34. The first-order valence-corrected chi connectivity index (χ1v) is 10.6. The van der Waals surface area contributed by atoms with E-state index in [1.807, 2.05) is 6.07 Å². The molecule has 7 nitrogen and oxygen atoms in total. The smallest absolute Gasteiger partial charge is 0.335 e. The fourth-order valence-corrected chi connectivity index (χ4v) is 3.27. The number of carboxylic acids is 1. The van der Waals surface area contributed by atoms with Gasteiger partial charge in [0.15, 0.2) is 11.5 Å². The number of anilines is 1. The van der Waals surface area contributed by atoms with Crippen molar-refractivity contribution >= 4 is 46.8 Å². The number of nitriles is 1. The second-order valence-electron chi connectivity index (χ2n) is 6.92. The van der Waals surface area contributed by atoms with Crippen LogP contribution in [0.25, 0.3) is 6.08 Å². The molecule has 0 unspecified atom stereocenters. The lowest BCUT2D eigenvalue weighted by Crippen LogP contribution is -2.13. The van der Waals surface area contributed by atoms with Crippen LogP contribution in [0.2, 0.25) is 10.0 Å². The van der Waals surface area contributed by atoms with Crippen molar-refractivity contribution in [1.29, 1.82) is 5.26 Å². The average Bonchev–Trinajstić information content (AvgIpc) is 2.83. The van der Waals surface area contributed by atoms with Crippen molar-refractivity contribution in [2.45, 2.75) is 6.61 Å². The SMILES string of the molecule is COc1cccc(/C=C(\C#N)C(=O)Nc2ccc(C(=O)O)cc2)c1OCc1ccc(Cl)c(Cl)c1. The average molecular weight is 497 g/mol. The minimum Gasteiger partial charge on any atom is -0.493 e.